The Bertz CT molecular complexity index is 1120. The Morgan fingerprint density at radius 1 is 1.18 bits per heavy atom. The van der Waals surface area contributed by atoms with Crippen molar-refractivity contribution in [1.29, 1.82) is 0 Å². The summed E-state index contributed by atoms with van der Waals surface area (Å²) in [5.41, 5.74) is -3.30. The number of hydrogen-bond acceptors (Lipinski definition) is 8. The highest BCUT2D eigenvalue weighted by atomic mass is 32.2. The van der Waals surface area contributed by atoms with E-state index in [0.29, 0.717) is 37.4 Å². The third-order valence-electron chi connectivity index (χ3n) is 10.1. The van der Waals surface area contributed by atoms with Gasteiger partial charge in [-0.15, -0.1) is 0 Å². The van der Waals surface area contributed by atoms with E-state index in [9.17, 15) is 24.3 Å². The Morgan fingerprint density at radius 2 is 1.92 bits per heavy atom. The molecular weight excluding hydrogens is 518 g/mol. The number of esters is 2. The molecule has 5 aliphatic rings. The fourth-order valence-electron chi connectivity index (χ4n) is 7.60. The largest absolute Gasteiger partial charge is 0.465 e. The fraction of sp³-hybridized carbons (Fsp3) is 0.714. The van der Waals surface area contributed by atoms with E-state index in [2.05, 4.69) is 0 Å². The van der Waals surface area contributed by atoms with E-state index in [0.717, 1.165) is 0 Å². The van der Waals surface area contributed by atoms with Crippen molar-refractivity contribution < 1.29 is 42.5 Å². The number of allylic oxidation sites excluding steroid dienone is 4. The van der Waals surface area contributed by atoms with Crippen LogP contribution in [-0.2, 0) is 28.7 Å². The molecule has 4 aliphatic carbocycles. The van der Waals surface area contributed by atoms with Crippen molar-refractivity contribution in [2.75, 3.05) is 6.61 Å². The number of carbonyl (C=O) groups excluding carboxylic acids is 4. The SMILES string of the molecule is CC(C(=O)O[C@@H]1CC[C@H]2[C@@H]3C[C@H](F)C4=CC(=O)C=C[C@]4(C)[C@@]3(F)CC[C@]12C)C(O)C(=O)SC1CCOC1=O. The second-order valence-corrected chi connectivity index (χ2v) is 13.1. The molecule has 10 atom stereocenters. The minimum atomic E-state index is -1.73. The molecule has 1 heterocycles. The second-order valence-electron chi connectivity index (χ2n) is 11.9. The Morgan fingerprint density at radius 3 is 2.61 bits per heavy atom. The van der Waals surface area contributed by atoms with E-state index in [1.54, 1.807) is 6.92 Å². The van der Waals surface area contributed by atoms with Gasteiger partial charge in [0.15, 0.2) is 5.78 Å². The molecule has 1 saturated heterocycles. The summed E-state index contributed by atoms with van der Waals surface area (Å²) in [7, 11) is 0. The average Bonchev–Trinajstić information content (AvgIpc) is 3.43. The standard InChI is InChI=1S/C28H34F2O7S/c1-14(22(32)25(35)38-20-7-11-36-24(20)34)23(33)37-21-5-4-16-17-13-19(29)18-12-15(31)6-8-27(18,3)28(17,30)10-9-26(16,21)2/h6,8,12,14,16-17,19-22,32H,4-5,7,9-11,13H2,1-3H3/t14?,16-,17-,19-,20?,21+,22?,26-,27-,28+/m0/s1. The van der Waals surface area contributed by atoms with Crippen molar-refractivity contribution in [2.24, 2.45) is 28.6 Å². The Kier molecular flexibility index (Phi) is 6.90. The molecular formula is C28H34F2O7S. The van der Waals surface area contributed by atoms with Crippen LogP contribution in [0.3, 0.4) is 0 Å². The summed E-state index contributed by atoms with van der Waals surface area (Å²) < 4.78 is 43.1. The topological polar surface area (TPSA) is 107 Å². The first-order chi connectivity index (χ1) is 17.8. The van der Waals surface area contributed by atoms with Crippen LogP contribution in [0.2, 0.25) is 0 Å². The normalized spacial score (nSPS) is 43.3. The van der Waals surface area contributed by atoms with Gasteiger partial charge in [0.1, 0.15) is 29.3 Å². The van der Waals surface area contributed by atoms with Crippen LogP contribution in [0.25, 0.3) is 0 Å². The number of ether oxygens (including phenoxy) is 2. The molecule has 4 fully saturated rings. The van der Waals surface area contributed by atoms with E-state index >= 15 is 8.78 Å². The van der Waals surface area contributed by atoms with Crippen LogP contribution in [0.4, 0.5) is 8.78 Å². The van der Waals surface area contributed by atoms with Crippen molar-refractivity contribution in [2.45, 2.75) is 88.6 Å². The van der Waals surface area contributed by atoms with Gasteiger partial charge in [0.25, 0.3) is 0 Å². The summed E-state index contributed by atoms with van der Waals surface area (Å²) in [5.74, 6) is -3.56. The van der Waals surface area contributed by atoms with Crippen molar-refractivity contribution in [3.63, 3.8) is 0 Å². The van der Waals surface area contributed by atoms with Gasteiger partial charge < -0.3 is 14.6 Å². The number of thioether (sulfide) groups is 1. The predicted molar refractivity (Wildman–Crippen MR) is 134 cm³/mol. The van der Waals surface area contributed by atoms with Crippen molar-refractivity contribution in [1.82, 2.24) is 0 Å². The first-order valence-corrected chi connectivity index (χ1v) is 14.2. The number of hydrogen-bond donors (Lipinski definition) is 1. The van der Waals surface area contributed by atoms with E-state index in [1.165, 1.54) is 25.2 Å². The minimum absolute atomic E-state index is 0.0234. The van der Waals surface area contributed by atoms with Crippen LogP contribution >= 0.6 is 11.8 Å². The fourth-order valence-corrected chi connectivity index (χ4v) is 8.60. The zero-order valence-corrected chi connectivity index (χ0v) is 22.6. The van der Waals surface area contributed by atoms with Crippen LogP contribution in [0.1, 0.15) is 59.3 Å². The zero-order chi connectivity index (χ0) is 27.6. The number of carbonyl (C=O) groups is 4. The molecule has 1 N–H and O–H groups in total. The summed E-state index contributed by atoms with van der Waals surface area (Å²) in [4.78, 5) is 49.1. The zero-order valence-electron chi connectivity index (χ0n) is 21.8. The lowest BCUT2D eigenvalue weighted by Gasteiger charge is -2.60. The number of halogens is 2. The van der Waals surface area contributed by atoms with Gasteiger partial charge in [-0.1, -0.05) is 24.8 Å². The average molecular weight is 553 g/mol. The molecule has 0 aromatic rings. The highest BCUT2D eigenvalue weighted by molar-refractivity contribution is 8.14. The van der Waals surface area contributed by atoms with Crippen molar-refractivity contribution >= 4 is 34.6 Å². The quantitative estimate of drug-likeness (QED) is 0.513. The lowest BCUT2D eigenvalue weighted by atomic mass is 9.46. The van der Waals surface area contributed by atoms with Gasteiger partial charge in [-0.25, -0.2) is 8.78 Å². The summed E-state index contributed by atoms with van der Waals surface area (Å²) in [6, 6.07) is 0. The molecule has 0 bridgehead atoms. The third kappa shape index (κ3) is 4.08. The number of aliphatic hydroxyl groups is 1. The number of fused-ring (bicyclic) bond motifs is 5. The lowest BCUT2D eigenvalue weighted by Crippen LogP contribution is -2.62. The molecule has 0 radical (unpaired) electrons. The molecule has 1 aliphatic heterocycles. The highest BCUT2D eigenvalue weighted by Gasteiger charge is 2.69. The first kappa shape index (κ1) is 27.5. The lowest BCUT2D eigenvalue weighted by molar-refractivity contribution is -0.176. The summed E-state index contributed by atoms with van der Waals surface area (Å²) in [6.45, 7) is 5.26. The molecule has 5 rings (SSSR count). The van der Waals surface area contributed by atoms with Gasteiger partial charge in [-0.2, -0.15) is 0 Å². The Balaban J connectivity index is 1.29. The molecule has 208 valence electrons. The number of aliphatic hydroxyl groups excluding tert-OH is 1. The second kappa shape index (κ2) is 9.54. The van der Waals surface area contributed by atoms with Gasteiger partial charge in [-0.3, -0.25) is 19.2 Å². The monoisotopic (exact) mass is 552 g/mol. The molecule has 38 heavy (non-hydrogen) atoms. The van der Waals surface area contributed by atoms with Gasteiger partial charge in [-0.05, 0) is 69.6 Å². The number of ketones is 1. The first-order valence-electron chi connectivity index (χ1n) is 13.4. The maximum absolute atomic E-state index is 17.0. The molecule has 7 nitrogen and oxygen atoms in total. The van der Waals surface area contributed by atoms with Crippen molar-refractivity contribution in [3.8, 4) is 0 Å². The van der Waals surface area contributed by atoms with E-state index in [4.69, 9.17) is 9.47 Å². The molecule has 0 aromatic heterocycles. The van der Waals surface area contributed by atoms with E-state index < -0.39 is 69.0 Å². The maximum Gasteiger partial charge on any atom is 0.319 e. The summed E-state index contributed by atoms with van der Waals surface area (Å²) in [5, 5.41) is 9.11. The summed E-state index contributed by atoms with van der Waals surface area (Å²) >= 11 is 0.671. The maximum atomic E-state index is 17.0. The Labute approximate surface area is 224 Å². The predicted octanol–water partition coefficient (Wildman–Crippen LogP) is 3.82. The van der Waals surface area contributed by atoms with Crippen LogP contribution < -0.4 is 0 Å². The van der Waals surface area contributed by atoms with Crippen LogP contribution in [0.5, 0.6) is 0 Å². The van der Waals surface area contributed by atoms with Gasteiger partial charge in [0.05, 0.1) is 12.5 Å². The molecule has 0 amide bonds. The molecule has 10 heteroatoms. The summed E-state index contributed by atoms with van der Waals surface area (Å²) in [6.07, 6.45) is 2.41. The number of rotatable bonds is 5. The molecule has 0 aromatic carbocycles. The molecule has 3 saturated carbocycles. The van der Waals surface area contributed by atoms with Gasteiger partial charge in [0, 0.05) is 23.2 Å². The van der Waals surface area contributed by atoms with Crippen LogP contribution in [0, 0.1) is 28.6 Å². The third-order valence-corrected chi connectivity index (χ3v) is 11.2. The van der Waals surface area contributed by atoms with Crippen molar-refractivity contribution in [3.05, 3.63) is 23.8 Å². The van der Waals surface area contributed by atoms with Crippen LogP contribution in [0.15, 0.2) is 23.8 Å². The van der Waals surface area contributed by atoms with Crippen LogP contribution in [-0.4, -0.2) is 63.8 Å². The Hall–Kier alpha value is -2.07. The number of cyclic esters (lactones) is 1. The minimum Gasteiger partial charge on any atom is -0.465 e. The van der Waals surface area contributed by atoms with E-state index in [-0.39, 0.29) is 36.7 Å². The highest BCUT2D eigenvalue weighted by Crippen LogP contribution is 2.68. The van der Waals surface area contributed by atoms with Gasteiger partial charge >= 0.3 is 11.9 Å². The van der Waals surface area contributed by atoms with E-state index in [1.807, 2.05) is 6.92 Å². The molecule has 3 unspecified atom stereocenters. The smallest absolute Gasteiger partial charge is 0.319 e. The number of alkyl halides is 2. The molecule has 0 spiro atoms. The van der Waals surface area contributed by atoms with Gasteiger partial charge in [0.2, 0.25) is 5.12 Å².